The molecule has 0 saturated carbocycles. The summed E-state index contributed by atoms with van der Waals surface area (Å²) in [4.78, 5) is 12.0. The van der Waals surface area contributed by atoms with E-state index in [0.29, 0.717) is 6.42 Å². The van der Waals surface area contributed by atoms with Crippen molar-refractivity contribution in [1.82, 2.24) is 0 Å². The van der Waals surface area contributed by atoms with Crippen LogP contribution in [0.4, 0.5) is 4.39 Å². The second-order valence-corrected chi connectivity index (χ2v) is 6.71. The van der Waals surface area contributed by atoms with Gasteiger partial charge in [-0.05, 0) is 31.5 Å². The predicted octanol–water partition coefficient (Wildman–Crippen LogP) is 2.23. The van der Waals surface area contributed by atoms with Gasteiger partial charge in [0.25, 0.3) is 0 Å². The molecule has 0 radical (unpaired) electrons. The lowest BCUT2D eigenvalue weighted by Gasteiger charge is -2.11. The van der Waals surface area contributed by atoms with Crippen LogP contribution in [0.15, 0.2) is 18.2 Å². The molecule has 1 rings (SSSR count). The molecule has 6 heteroatoms. The van der Waals surface area contributed by atoms with E-state index in [2.05, 4.69) is 0 Å². The van der Waals surface area contributed by atoms with E-state index in [1.165, 1.54) is 13.2 Å². The Hall–Kier alpha value is -1.43. The Kier molecular flexibility index (Phi) is 5.05. The van der Waals surface area contributed by atoms with Gasteiger partial charge in [0.15, 0.2) is 15.6 Å². The Balaban J connectivity index is 3.05. The SMILES string of the molecule is CCC(C)S(=O)(=O)CC(=O)c1cc(F)ccc1OC. The van der Waals surface area contributed by atoms with Crippen molar-refractivity contribution in [3.05, 3.63) is 29.6 Å². The van der Waals surface area contributed by atoms with Crippen molar-refractivity contribution in [1.29, 1.82) is 0 Å². The average Bonchev–Trinajstić information content (AvgIpc) is 2.37. The minimum atomic E-state index is -3.52. The molecule has 1 aromatic carbocycles. The third kappa shape index (κ3) is 3.76. The van der Waals surface area contributed by atoms with E-state index in [1.807, 2.05) is 0 Å². The first-order valence-corrected chi connectivity index (χ1v) is 7.61. The maximum Gasteiger partial charge on any atom is 0.181 e. The van der Waals surface area contributed by atoms with E-state index < -0.39 is 32.4 Å². The zero-order valence-electron chi connectivity index (χ0n) is 11.1. The maximum atomic E-state index is 13.1. The van der Waals surface area contributed by atoms with Crippen molar-refractivity contribution >= 4 is 15.6 Å². The summed E-state index contributed by atoms with van der Waals surface area (Å²) in [6, 6.07) is 3.45. The fourth-order valence-corrected chi connectivity index (χ4v) is 2.87. The molecular formula is C13H17FO4S. The molecule has 4 nitrogen and oxygen atoms in total. The summed E-state index contributed by atoms with van der Waals surface area (Å²) in [6.45, 7) is 3.28. The summed E-state index contributed by atoms with van der Waals surface area (Å²) in [7, 11) is -2.18. The molecule has 0 aliphatic rings. The van der Waals surface area contributed by atoms with Crippen molar-refractivity contribution in [2.24, 2.45) is 0 Å². The van der Waals surface area contributed by atoms with Crippen LogP contribution < -0.4 is 4.74 Å². The highest BCUT2D eigenvalue weighted by molar-refractivity contribution is 7.92. The minimum absolute atomic E-state index is 0.0469. The normalized spacial score (nSPS) is 13.1. The molecule has 0 aromatic heterocycles. The van der Waals surface area contributed by atoms with Gasteiger partial charge in [-0.1, -0.05) is 6.92 Å². The summed E-state index contributed by atoms with van der Waals surface area (Å²) in [5.41, 5.74) is -0.0469. The van der Waals surface area contributed by atoms with Crippen LogP contribution in [0.5, 0.6) is 5.75 Å². The second-order valence-electron chi connectivity index (χ2n) is 4.29. The van der Waals surface area contributed by atoms with Crippen LogP contribution in [0.1, 0.15) is 30.6 Å². The first-order chi connectivity index (χ1) is 8.81. The fraction of sp³-hybridized carbons (Fsp3) is 0.462. The van der Waals surface area contributed by atoms with Crippen LogP contribution in [0.2, 0.25) is 0 Å². The van der Waals surface area contributed by atoms with E-state index in [9.17, 15) is 17.6 Å². The van der Waals surface area contributed by atoms with E-state index in [0.717, 1.165) is 12.1 Å². The van der Waals surface area contributed by atoms with Crippen LogP contribution in [-0.4, -0.2) is 32.3 Å². The number of Topliss-reactive ketones (excluding diaryl/α,β-unsaturated/α-hetero) is 1. The number of ether oxygens (including phenoxy) is 1. The lowest BCUT2D eigenvalue weighted by molar-refractivity contribution is 0.101. The second kappa shape index (κ2) is 6.14. The van der Waals surface area contributed by atoms with Gasteiger partial charge in [-0.25, -0.2) is 12.8 Å². The Morgan fingerprint density at radius 3 is 2.58 bits per heavy atom. The Morgan fingerprint density at radius 1 is 1.42 bits per heavy atom. The van der Waals surface area contributed by atoms with Gasteiger partial charge < -0.3 is 4.74 Å². The van der Waals surface area contributed by atoms with Crippen molar-refractivity contribution in [2.45, 2.75) is 25.5 Å². The molecular weight excluding hydrogens is 271 g/mol. The number of sulfone groups is 1. The molecule has 0 bridgehead atoms. The topological polar surface area (TPSA) is 60.4 Å². The minimum Gasteiger partial charge on any atom is -0.496 e. The molecule has 19 heavy (non-hydrogen) atoms. The third-order valence-electron chi connectivity index (χ3n) is 2.98. The van der Waals surface area contributed by atoms with Gasteiger partial charge in [0.05, 0.1) is 17.9 Å². The maximum absolute atomic E-state index is 13.1. The van der Waals surface area contributed by atoms with Gasteiger partial charge >= 0.3 is 0 Å². The summed E-state index contributed by atoms with van der Waals surface area (Å²) < 4.78 is 41.8. The van der Waals surface area contributed by atoms with Crippen LogP contribution in [0.25, 0.3) is 0 Å². The third-order valence-corrected chi connectivity index (χ3v) is 5.21. The summed E-state index contributed by atoms with van der Waals surface area (Å²) in [5, 5.41) is -0.601. The Morgan fingerprint density at radius 2 is 2.05 bits per heavy atom. The lowest BCUT2D eigenvalue weighted by atomic mass is 10.1. The first-order valence-electron chi connectivity index (χ1n) is 5.90. The summed E-state index contributed by atoms with van der Waals surface area (Å²) in [6.07, 6.45) is 0.426. The van der Waals surface area contributed by atoms with Gasteiger partial charge in [0, 0.05) is 0 Å². The lowest BCUT2D eigenvalue weighted by Crippen LogP contribution is -2.25. The average molecular weight is 288 g/mol. The quantitative estimate of drug-likeness (QED) is 0.753. The number of carbonyl (C=O) groups excluding carboxylic acids is 1. The molecule has 0 aliphatic heterocycles. The van der Waals surface area contributed by atoms with Crippen LogP contribution in [-0.2, 0) is 9.84 Å². The van der Waals surface area contributed by atoms with Crippen molar-refractivity contribution in [2.75, 3.05) is 12.9 Å². The van der Waals surface area contributed by atoms with Gasteiger partial charge in [-0.2, -0.15) is 0 Å². The van der Waals surface area contributed by atoms with Crippen molar-refractivity contribution < 1.29 is 22.3 Å². The molecule has 0 N–H and O–H groups in total. The van der Waals surface area contributed by atoms with E-state index in [4.69, 9.17) is 4.74 Å². The zero-order valence-corrected chi connectivity index (χ0v) is 12.0. The highest BCUT2D eigenvalue weighted by Crippen LogP contribution is 2.21. The van der Waals surface area contributed by atoms with E-state index in [-0.39, 0.29) is 11.3 Å². The molecule has 1 unspecified atom stereocenters. The van der Waals surface area contributed by atoms with E-state index >= 15 is 0 Å². The number of halogens is 1. The van der Waals surface area contributed by atoms with Crippen LogP contribution in [0.3, 0.4) is 0 Å². The number of carbonyl (C=O) groups is 1. The number of hydrogen-bond donors (Lipinski definition) is 0. The molecule has 106 valence electrons. The molecule has 0 heterocycles. The van der Waals surface area contributed by atoms with Crippen molar-refractivity contribution in [3.8, 4) is 5.75 Å². The zero-order chi connectivity index (χ0) is 14.6. The number of rotatable bonds is 6. The smallest absolute Gasteiger partial charge is 0.181 e. The van der Waals surface area contributed by atoms with Gasteiger partial charge in [-0.15, -0.1) is 0 Å². The van der Waals surface area contributed by atoms with Crippen molar-refractivity contribution in [3.63, 3.8) is 0 Å². The molecule has 0 spiro atoms. The van der Waals surface area contributed by atoms with Crippen LogP contribution in [0, 0.1) is 5.82 Å². The Labute approximate surface area is 112 Å². The van der Waals surface area contributed by atoms with E-state index in [1.54, 1.807) is 13.8 Å². The Bertz CT molecular complexity index is 566. The van der Waals surface area contributed by atoms with Gasteiger partial charge in [-0.3, -0.25) is 4.79 Å². The van der Waals surface area contributed by atoms with Gasteiger partial charge in [0.2, 0.25) is 0 Å². The number of hydrogen-bond acceptors (Lipinski definition) is 4. The number of methoxy groups -OCH3 is 1. The van der Waals surface area contributed by atoms with Crippen LogP contribution >= 0.6 is 0 Å². The number of ketones is 1. The largest absolute Gasteiger partial charge is 0.496 e. The molecule has 1 atom stereocenters. The van der Waals surface area contributed by atoms with Gasteiger partial charge in [0.1, 0.15) is 17.3 Å². The first kappa shape index (κ1) is 15.6. The predicted molar refractivity (Wildman–Crippen MR) is 70.8 cm³/mol. The standard InChI is InChI=1S/C13H17FO4S/c1-4-9(2)19(16,17)8-12(15)11-7-10(14)5-6-13(11)18-3/h5-7,9H,4,8H2,1-3H3. The molecule has 0 saturated heterocycles. The fourth-order valence-electron chi connectivity index (χ4n) is 1.55. The summed E-state index contributed by atoms with van der Waals surface area (Å²) in [5.74, 6) is -1.73. The highest BCUT2D eigenvalue weighted by Gasteiger charge is 2.25. The molecule has 0 amide bonds. The summed E-state index contributed by atoms with van der Waals surface area (Å²) >= 11 is 0. The molecule has 0 fully saturated rings. The molecule has 0 aliphatic carbocycles. The monoisotopic (exact) mass is 288 g/mol. The highest BCUT2D eigenvalue weighted by atomic mass is 32.2. The number of benzene rings is 1. The molecule has 1 aromatic rings.